The zero-order valence-electron chi connectivity index (χ0n) is 8.75. The Balaban J connectivity index is 2.20. The Morgan fingerprint density at radius 2 is 2.31 bits per heavy atom. The number of aromatic nitrogens is 1. The summed E-state index contributed by atoms with van der Waals surface area (Å²) in [5.74, 6) is -0.733. The standard InChI is InChI=1S/C9H12ClN3O2S/c1-6-5-16-8(12-6)2-3-11-9(15)13-7(14)4-10/h5H,2-4H2,1H3,(H2,11,13,14,15). The number of hydrogen-bond donors (Lipinski definition) is 2. The monoisotopic (exact) mass is 261 g/mol. The smallest absolute Gasteiger partial charge is 0.321 e. The topological polar surface area (TPSA) is 71.1 Å². The Kier molecular flexibility index (Phi) is 5.21. The van der Waals surface area contributed by atoms with Gasteiger partial charge in [0.25, 0.3) is 0 Å². The molecule has 0 aliphatic heterocycles. The second-order valence-electron chi connectivity index (χ2n) is 3.07. The lowest BCUT2D eigenvalue weighted by molar-refractivity contribution is -0.117. The van der Waals surface area contributed by atoms with Gasteiger partial charge < -0.3 is 5.32 Å². The van der Waals surface area contributed by atoms with E-state index in [4.69, 9.17) is 11.6 Å². The summed E-state index contributed by atoms with van der Waals surface area (Å²) < 4.78 is 0. The van der Waals surface area contributed by atoms with Crippen LogP contribution in [0.15, 0.2) is 5.38 Å². The van der Waals surface area contributed by atoms with Crippen LogP contribution in [0.4, 0.5) is 4.79 Å². The number of aryl methyl sites for hydroxylation is 1. The molecule has 1 aromatic heterocycles. The van der Waals surface area contributed by atoms with Gasteiger partial charge in [-0.1, -0.05) is 0 Å². The number of nitrogens with one attached hydrogen (secondary N) is 2. The highest BCUT2D eigenvalue weighted by Gasteiger charge is 2.05. The van der Waals surface area contributed by atoms with Gasteiger partial charge in [-0.3, -0.25) is 10.1 Å². The van der Waals surface area contributed by atoms with Crippen LogP contribution in [0.1, 0.15) is 10.7 Å². The first kappa shape index (κ1) is 12.9. The number of nitrogens with zero attached hydrogens (tertiary/aromatic N) is 1. The number of imide groups is 1. The largest absolute Gasteiger partial charge is 0.337 e. The van der Waals surface area contributed by atoms with E-state index in [1.54, 1.807) is 11.3 Å². The molecule has 0 spiro atoms. The molecule has 0 bridgehead atoms. The number of carbonyl (C=O) groups excluding carboxylic acids is 2. The van der Waals surface area contributed by atoms with Crippen LogP contribution in [0.2, 0.25) is 0 Å². The first-order valence-corrected chi connectivity index (χ1v) is 6.08. The Morgan fingerprint density at radius 1 is 1.56 bits per heavy atom. The van der Waals surface area contributed by atoms with Crippen molar-refractivity contribution in [3.63, 3.8) is 0 Å². The Hall–Kier alpha value is -1.14. The summed E-state index contributed by atoms with van der Waals surface area (Å²) in [6.07, 6.45) is 0.654. The van der Waals surface area contributed by atoms with Gasteiger partial charge in [-0.2, -0.15) is 0 Å². The maximum Gasteiger partial charge on any atom is 0.321 e. The zero-order valence-corrected chi connectivity index (χ0v) is 10.3. The molecule has 16 heavy (non-hydrogen) atoms. The number of rotatable bonds is 4. The number of thiazole rings is 1. The van der Waals surface area contributed by atoms with Crippen LogP contribution < -0.4 is 10.6 Å². The Labute approximate surface area is 102 Å². The van der Waals surface area contributed by atoms with Gasteiger partial charge >= 0.3 is 6.03 Å². The minimum Gasteiger partial charge on any atom is -0.337 e. The van der Waals surface area contributed by atoms with Gasteiger partial charge in [-0.15, -0.1) is 22.9 Å². The van der Waals surface area contributed by atoms with Crippen LogP contribution in [0.3, 0.4) is 0 Å². The van der Waals surface area contributed by atoms with Crippen LogP contribution in [0.25, 0.3) is 0 Å². The molecule has 0 radical (unpaired) electrons. The van der Waals surface area contributed by atoms with Crippen LogP contribution in [0, 0.1) is 6.92 Å². The summed E-state index contributed by atoms with van der Waals surface area (Å²) in [5, 5.41) is 7.54. The Morgan fingerprint density at radius 3 is 2.88 bits per heavy atom. The summed E-state index contributed by atoms with van der Waals surface area (Å²) in [4.78, 5) is 26.1. The highest BCUT2D eigenvalue weighted by Crippen LogP contribution is 2.08. The fourth-order valence-corrected chi connectivity index (χ4v) is 1.85. The van der Waals surface area contributed by atoms with Gasteiger partial charge in [0.15, 0.2) is 0 Å². The molecule has 0 atom stereocenters. The second kappa shape index (κ2) is 6.44. The first-order valence-electron chi connectivity index (χ1n) is 4.66. The normalized spacial score (nSPS) is 9.88. The quantitative estimate of drug-likeness (QED) is 0.796. The minimum absolute atomic E-state index is 0.223. The molecule has 88 valence electrons. The highest BCUT2D eigenvalue weighted by molar-refractivity contribution is 7.09. The molecule has 0 aromatic carbocycles. The molecular weight excluding hydrogens is 250 g/mol. The molecule has 0 saturated carbocycles. The number of halogens is 1. The van der Waals surface area contributed by atoms with E-state index in [-0.39, 0.29) is 5.88 Å². The summed E-state index contributed by atoms with van der Waals surface area (Å²) in [7, 11) is 0. The van der Waals surface area contributed by atoms with Crippen molar-refractivity contribution in [2.24, 2.45) is 0 Å². The SMILES string of the molecule is Cc1csc(CCNC(=O)NC(=O)CCl)n1. The number of amides is 3. The molecule has 5 nitrogen and oxygen atoms in total. The minimum atomic E-state index is -0.529. The molecule has 0 aliphatic rings. The predicted octanol–water partition coefficient (Wildman–Crippen LogP) is 1.06. The summed E-state index contributed by atoms with van der Waals surface area (Å²) >= 11 is 6.78. The fraction of sp³-hybridized carbons (Fsp3) is 0.444. The lowest BCUT2D eigenvalue weighted by Crippen LogP contribution is -2.40. The number of alkyl halides is 1. The van der Waals surface area contributed by atoms with E-state index < -0.39 is 11.9 Å². The average Bonchev–Trinajstić information content (AvgIpc) is 2.64. The van der Waals surface area contributed by atoms with Crippen molar-refractivity contribution >= 4 is 34.9 Å². The van der Waals surface area contributed by atoms with E-state index in [1.165, 1.54) is 0 Å². The molecule has 0 aliphatic carbocycles. The van der Waals surface area contributed by atoms with E-state index >= 15 is 0 Å². The Bertz CT molecular complexity index is 381. The number of carbonyl (C=O) groups is 2. The van der Waals surface area contributed by atoms with Gasteiger partial charge in [0.1, 0.15) is 5.88 Å². The summed E-state index contributed by atoms with van der Waals surface area (Å²) in [6.45, 7) is 2.35. The third kappa shape index (κ3) is 4.59. The average molecular weight is 262 g/mol. The second-order valence-corrected chi connectivity index (χ2v) is 4.28. The third-order valence-electron chi connectivity index (χ3n) is 1.67. The van der Waals surface area contributed by atoms with Crippen molar-refractivity contribution < 1.29 is 9.59 Å². The molecule has 1 aromatic rings. The molecule has 0 unspecified atom stereocenters. The van der Waals surface area contributed by atoms with E-state index in [0.29, 0.717) is 13.0 Å². The van der Waals surface area contributed by atoms with Gasteiger partial charge in [0.2, 0.25) is 5.91 Å². The van der Waals surface area contributed by atoms with Gasteiger partial charge in [-0.05, 0) is 6.92 Å². The summed E-state index contributed by atoms with van der Waals surface area (Å²) in [6, 6.07) is -0.529. The third-order valence-corrected chi connectivity index (χ3v) is 2.93. The molecule has 0 fully saturated rings. The lowest BCUT2D eigenvalue weighted by atomic mass is 10.4. The maximum absolute atomic E-state index is 11.1. The molecule has 2 N–H and O–H groups in total. The van der Waals surface area contributed by atoms with Gasteiger partial charge in [-0.25, -0.2) is 9.78 Å². The van der Waals surface area contributed by atoms with E-state index in [0.717, 1.165) is 10.7 Å². The number of urea groups is 1. The van der Waals surface area contributed by atoms with Crippen molar-refractivity contribution in [1.29, 1.82) is 0 Å². The van der Waals surface area contributed by atoms with Crippen LogP contribution in [-0.4, -0.2) is 29.3 Å². The van der Waals surface area contributed by atoms with Crippen molar-refractivity contribution in [3.05, 3.63) is 16.1 Å². The van der Waals surface area contributed by atoms with Crippen molar-refractivity contribution in [1.82, 2.24) is 15.6 Å². The zero-order chi connectivity index (χ0) is 12.0. The molecule has 0 saturated heterocycles. The van der Waals surface area contributed by atoms with E-state index in [1.807, 2.05) is 12.3 Å². The van der Waals surface area contributed by atoms with Crippen molar-refractivity contribution in [3.8, 4) is 0 Å². The van der Waals surface area contributed by atoms with Crippen molar-refractivity contribution in [2.75, 3.05) is 12.4 Å². The molecule has 1 heterocycles. The van der Waals surface area contributed by atoms with Gasteiger partial charge in [0, 0.05) is 24.0 Å². The van der Waals surface area contributed by atoms with Crippen LogP contribution in [0.5, 0.6) is 0 Å². The van der Waals surface area contributed by atoms with E-state index in [9.17, 15) is 9.59 Å². The van der Waals surface area contributed by atoms with Crippen LogP contribution in [-0.2, 0) is 11.2 Å². The van der Waals surface area contributed by atoms with Crippen molar-refractivity contribution in [2.45, 2.75) is 13.3 Å². The lowest BCUT2D eigenvalue weighted by Gasteiger charge is -2.03. The molecular formula is C9H12ClN3O2S. The van der Waals surface area contributed by atoms with E-state index in [2.05, 4.69) is 15.6 Å². The predicted molar refractivity (Wildman–Crippen MR) is 62.8 cm³/mol. The molecule has 1 rings (SSSR count). The highest BCUT2D eigenvalue weighted by atomic mass is 35.5. The number of hydrogen-bond acceptors (Lipinski definition) is 4. The van der Waals surface area contributed by atoms with Gasteiger partial charge in [0.05, 0.1) is 5.01 Å². The summed E-state index contributed by atoms with van der Waals surface area (Å²) in [5.41, 5.74) is 0.974. The van der Waals surface area contributed by atoms with Crippen LogP contribution >= 0.6 is 22.9 Å². The molecule has 7 heteroatoms. The fourth-order valence-electron chi connectivity index (χ4n) is 1.00. The first-order chi connectivity index (χ1) is 7.61. The molecule has 3 amide bonds. The maximum atomic E-state index is 11.1.